The van der Waals surface area contributed by atoms with E-state index in [4.69, 9.17) is 9.84 Å². The maximum atomic E-state index is 11.4. The van der Waals surface area contributed by atoms with Crippen LogP contribution >= 0.6 is 0 Å². The van der Waals surface area contributed by atoms with Gasteiger partial charge in [-0.2, -0.15) is 0 Å². The number of hydrogen-bond donors (Lipinski definition) is 1. The molecular weight excluding hydrogens is 268 g/mol. The molecule has 0 bridgehead atoms. The van der Waals surface area contributed by atoms with Crippen LogP contribution in [0.2, 0.25) is 0 Å². The number of esters is 2. The van der Waals surface area contributed by atoms with Gasteiger partial charge in [-0.15, -0.1) is 0 Å². The lowest BCUT2D eigenvalue weighted by atomic mass is 10.2. The highest BCUT2D eigenvalue weighted by Gasteiger charge is 2.23. The molecule has 0 aromatic carbocycles. The van der Waals surface area contributed by atoms with Crippen LogP contribution in [0.15, 0.2) is 24.8 Å². The Hall–Kier alpha value is -2.44. The molecule has 0 aromatic rings. The molecule has 0 aliphatic carbocycles. The lowest BCUT2D eigenvalue weighted by Crippen LogP contribution is -2.32. The monoisotopic (exact) mass is 284 g/mol. The van der Waals surface area contributed by atoms with Gasteiger partial charge >= 0.3 is 17.9 Å². The molecule has 0 aliphatic heterocycles. The summed E-state index contributed by atoms with van der Waals surface area (Å²) in [5.74, 6) is -3.38. The molecular formula is C13H16O7. The Kier molecular flexibility index (Phi) is 7.57. The van der Waals surface area contributed by atoms with E-state index in [9.17, 15) is 19.2 Å². The third kappa shape index (κ3) is 7.10. The lowest BCUT2D eigenvalue weighted by molar-refractivity contribution is -0.160. The molecule has 0 aliphatic rings. The topological polar surface area (TPSA) is 107 Å². The van der Waals surface area contributed by atoms with Crippen molar-refractivity contribution in [2.45, 2.75) is 25.9 Å². The maximum Gasteiger partial charge on any atom is 0.333 e. The number of carboxylic acids is 1. The zero-order chi connectivity index (χ0) is 15.7. The molecule has 0 aromatic heterocycles. The van der Waals surface area contributed by atoms with Gasteiger partial charge in [-0.05, 0) is 13.0 Å². The van der Waals surface area contributed by atoms with E-state index in [1.54, 1.807) is 0 Å². The van der Waals surface area contributed by atoms with E-state index in [0.29, 0.717) is 0 Å². The highest BCUT2D eigenvalue weighted by atomic mass is 16.6. The molecule has 7 nitrogen and oxygen atoms in total. The van der Waals surface area contributed by atoms with E-state index in [1.807, 2.05) is 0 Å². The van der Waals surface area contributed by atoms with Crippen molar-refractivity contribution < 1.29 is 33.8 Å². The van der Waals surface area contributed by atoms with Gasteiger partial charge < -0.3 is 14.6 Å². The Balaban J connectivity index is 4.44. The summed E-state index contributed by atoms with van der Waals surface area (Å²) < 4.78 is 9.47. The summed E-state index contributed by atoms with van der Waals surface area (Å²) in [5.41, 5.74) is 0.0871. The van der Waals surface area contributed by atoms with Crippen molar-refractivity contribution in [2.75, 3.05) is 6.61 Å². The minimum Gasteiger partial charge on any atom is -0.481 e. The molecule has 20 heavy (non-hydrogen) atoms. The zero-order valence-corrected chi connectivity index (χ0v) is 11.1. The van der Waals surface area contributed by atoms with Gasteiger partial charge in [0.25, 0.3) is 0 Å². The summed E-state index contributed by atoms with van der Waals surface area (Å²) in [6.45, 7) is 7.49. The fraction of sp³-hybridized carbons (Fsp3) is 0.385. The minimum absolute atomic E-state index is 0.0871. The van der Waals surface area contributed by atoms with E-state index in [-0.39, 0.29) is 18.4 Å². The van der Waals surface area contributed by atoms with Crippen LogP contribution in [-0.4, -0.2) is 41.5 Å². The molecule has 0 saturated heterocycles. The second-order valence-corrected chi connectivity index (χ2v) is 3.86. The van der Waals surface area contributed by atoms with E-state index in [1.165, 1.54) is 6.92 Å². The van der Waals surface area contributed by atoms with E-state index >= 15 is 0 Å². The van der Waals surface area contributed by atoms with E-state index in [0.717, 1.165) is 6.08 Å². The van der Waals surface area contributed by atoms with Crippen molar-refractivity contribution >= 4 is 23.7 Å². The number of carbonyl (C=O) groups is 4. The Bertz CT molecular complexity index is 436. The summed E-state index contributed by atoms with van der Waals surface area (Å²) in [4.78, 5) is 44.2. The SMILES string of the molecule is C=CC(=O)C(COC(=O)CCC(=O)O)OC(=O)C(=C)C. The third-order valence-corrected chi connectivity index (χ3v) is 2.05. The van der Waals surface area contributed by atoms with Gasteiger partial charge in [-0.1, -0.05) is 13.2 Å². The molecule has 0 rings (SSSR count). The number of aliphatic carboxylic acids is 1. The Morgan fingerprint density at radius 3 is 2.30 bits per heavy atom. The molecule has 7 heteroatoms. The molecule has 1 unspecified atom stereocenters. The van der Waals surface area contributed by atoms with Crippen molar-refractivity contribution in [2.24, 2.45) is 0 Å². The van der Waals surface area contributed by atoms with Crippen molar-refractivity contribution in [3.8, 4) is 0 Å². The average molecular weight is 284 g/mol. The van der Waals surface area contributed by atoms with Crippen LogP contribution in [0.5, 0.6) is 0 Å². The minimum atomic E-state index is -1.31. The van der Waals surface area contributed by atoms with Crippen molar-refractivity contribution in [1.82, 2.24) is 0 Å². The lowest BCUT2D eigenvalue weighted by Gasteiger charge is -2.15. The smallest absolute Gasteiger partial charge is 0.333 e. The Morgan fingerprint density at radius 1 is 1.25 bits per heavy atom. The first kappa shape index (κ1) is 17.6. The predicted molar refractivity (Wildman–Crippen MR) is 67.7 cm³/mol. The number of hydrogen-bond acceptors (Lipinski definition) is 6. The average Bonchev–Trinajstić information content (AvgIpc) is 2.39. The quantitative estimate of drug-likeness (QED) is 0.489. The molecule has 0 fully saturated rings. The van der Waals surface area contributed by atoms with Crippen LogP contribution in [0.3, 0.4) is 0 Å². The normalized spacial score (nSPS) is 11.1. The van der Waals surface area contributed by atoms with Gasteiger partial charge in [0.05, 0.1) is 12.8 Å². The Labute approximate surface area is 115 Å². The van der Waals surface area contributed by atoms with Gasteiger partial charge in [0.1, 0.15) is 6.61 Å². The highest BCUT2D eigenvalue weighted by Crippen LogP contribution is 2.03. The first-order valence-electron chi connectivity index (χ1n) is 5.68. The standard InChI is InChI=1S/C13H16O7/c1-4-9(14)10(20-13(18)8(2)3)7-19-12(17)6-5-11(15)16/h4,10H,1-2,5-7H2,3H3,(H,15,16). The molecule has 1 atom stereocenters. The Morgan fingerprint density at radius 2 is 1.85 bits per heavy atom. The van der Waals surface area contributed by atoms with Gasteiger partial charge in [0.15, 0.2) is 11.9 Å². The molecule has 1 N–H and O–H groups in total. The maximum absolute atomic E-state index is 11.4. The van der Waals surface area contributed by atoms with Crippen molar-refractivity contribution in [3.63, 3.8) is 0 Å². The fourth-order valence-corrected chi connectivity index (χ4v) is 0.985. The summed E-state index contributed by atoms with van der Waals surface area (Å²) >= 11 is 0. The molecule has 110 valence electrons. The second kappa shape index (κ2) is 8.63. The van der Waals surface area contributed by atoms with Crippen LogP contribution in [0, 0.1) is 0 Å². The predicted octanol–water partition coefficient (Wildman–Crippen LogP) is 0.637. The van der Waals surface area contributed by atoms with Crippen LogP contribution in [0.4, 0.5) is 0 Å². The molecule has 0 amide bonds. The summed E-state index contributed by atoms with van der Waals surface area (Å²) in [7, 11) is 0. The van der Waals surface area contributed by atoms with E-state index in [2.05, 4.69) is 17.9 Å². The molecule has 0 saturated carbocycles. The largest absolute Gasteiger partial charge is 0.481 e. The zero-order valence-electron chi connectivity index (χ0n) is 11.1. The molecule has 0 radical (unpaired) electrons. The van der Waals surface area contributed by atoms with Crippen LogP contribution in [0.1, 0.15) is 19.8 Å². The van der Waals surface area contributed by atoms with Crippen LogP contribution < -0.4 is 0 Å². The van der Waals surface area contributed by atoms with Crippen molar-refractivity contribution in [3.05, 3.63) is 24.8 Å². The second-order valence-electron chi connectivity index (χ2n) is 3.86. The van der Waals surface area contributed by atoms with Gasteiger partial charge in [-0.3, -0.25) is 14.4 Å². The first-order chi connectivity index (χ1) is 9.27. The first-order valence-corrected chi connectivity index (χ1v) is 5.68. The number of rotatable bonds is 9. The van der Waals surface area contributed by atoms with Crippen molar-refractivity contribution in [1.29, 1.82) is 0 Å². The molecule has 0 spiro atoms. The third-order valence-electron chi connectivity index (χ3n) is 2.05. The number of carbonyl (C=O) groups excluding carboxylic acids is 3. The number of ketones is 1. The van der Waals surface area contributed by atoms with Gasteiger partial charge in [0, 0.05) is 5.57 Å². The summed E-state index contributed by atoms with van der Waals surface area (Å²) in [5, 5.41) is 8.39. The number of ether oxygens (including phenoxy) is 2. The fourth-order valence-electron chi connectivity index (χ4n) is 0.985. The summed E-state index contributed by atoms with van der Waals surface area (Å²) in [6, 6.07) is 0. The van der Waals surface area contributed by atoms with Crippen LogP contribution in [-0.2, 0) is 28.7 Å². The van der Waals surface area contributed by atoms with E-state index < -0.39 is 36.4 Å². The van der Waals surface area contributed by atoms with Gasteiger partial charge in [0.2, 0.25) is 0 Å². The molecule has 0 heterocycles. The van der Waals surface area contributed by atoms with Gasteiger partial charge in [-0.25, -0.2) is 4.79 Å². The highest BCUT2D eigenvalue weighted by molar-refractivity contribution is 5.96. The summed E-state index contributed by atoms with van der Waals surface area (Å²) in [6.07, 6.45) is -1.10. The number of carboxylic acid groups (broad SMARTS) is 1. The van der Waals surface area contributed by atoms with Crippen LogP contribution in [0.25, 0.3) is 0 Å².